The van der Waals surface area contributed by atoms with Crippen molar-refractivity contribution in [2.24, 2.45) is 0 Å². The quantitative estimate of drug-likeness (QED) is 0.905. The number of morpholine rings is 1. The van der Waals surface area contributed by atoms with Crippen LogP contribution in [0.3, 0.4) is 0 Å². The molecule has 1 heterocycles. The van der Waals surface area contributed by atoms with Crippen LogP contribution >= 0.6 is 11.6 Å². The molecule has 1 aliphatic rings. The highest BCUT2D eigenvalue weighted by atomic mass is 35.5. The monoisotopic (exact) mass is 310 g/mol. The molecule has 21 heavy (non-hydrogen) atoms. The topological polar surface area (TPSA) is 41.6 Å². The van der Waals surface area contributed by atoms with E-state index in [4.69, 9.17) is 16.3 Å². The lowest BCUT2D eigenvalue weighted by atomic mass is 10.0. The summed E-state index contributed by atoms with van der Waals surface area (Å²) in [5, 5.41) is 3.72. The first-order valence-electron chi connectivity index (χ1n) is 7.31. The van der Waals surface area contributed by atoms with Crippen molar-refractivity contribution in [3.05, 3.63) is 34.9 Å². The number of nitrogens with one attached hydrogen (secondary N) is 1. The Morgan fingerprint density at radius 2 is 1.90 bits per heavy atom. The van der Waals surface area contributed by atoms with Crippen LogP contribution in [0.15, 0.2) is 24.3 Å². The van der Waals surface area contributed by atoms with Gasteiger partial charge in [-0.3, -0.25) is 9.69 Å². The minimum atomic E-state index is -0.0561. The van der Waals surface area contributed by atoms with E-state index in [1.807, 2.05) is 24.3 Å². The van der Waals surface area contributed by atoms with Crippen molar-refractivity contribution in [2.75, 3.05) is 32.8 Å². The Morgan fingerprint density at radius 3 is 2.52 bits per heavy atom. The van der Waals surface area contributed by atoms with Crippen molar-refractivity contribution >= 4 is 17.5 Å². The average molecular weight is 311 g/mol. The summed E-state index contributed by atoms with van der Waals surface area (Å²) in [7, 11) is 0. The minimum Gasteiger partial charge on any atom is -0.379 e. The third-order valence-corrected chi connectivity index (χ3v) is 4.12. The highest BCUT2D eigenvalue weighted by Crippen LogP contribution is 2.15. The van der Waals surface area contributed by atoms with Crippen LogP contribution in [0.5, 0.6) is 0 Å². The Morgan fingerprint density at radius 1 is 1.29 bits per heavy atom. The summed E-state index contributed by atoms with van der Waals surface area (Å²) in [6, 6.07) is 7.38. The standard InChI is InChI=1S/C16H23ClN2O2/c1-16(2,19-7-9-21-10-8-19)12-18-15(20)11-13-3-5-14(17)6-4-13/h3-6H,7-12H2,1-2H3,(H,18,20). The number of carbonyl (C=O) groups excluding carboxylic acids is 1. The third kappa shape index (κ3) is 4.99. The number of ether oxygens (including phenoxy) is 1. The van der Waals surface area contributed by atoms with Crippen LogP contribution in [0.2, 0.25) is 5.02 Å². The molecule has 1 amide bonds. The van der Waals surface area contributed by atoms with E-state index in [0.29, 0.717) is 18.0 Å². The smallest absolute Gasteiger partial charge is 0.224 e. The average Bonchev–Trinajstić information content (AvgIpc) is 2.49. The van der Waals surface area contributed by atoms with Gasteiger partial charge in [-0.25, -0.2) is 0 Å². The molecular weight excluding hydrogens is 288 g/mol. The SMILES string of the molecule is CC(C)(CNC(=O)Cc1ccc(Cl)cc1)N1CCOCC1. The lowest BCUT2D eigenvalue weighted by Crippen LogP contribution is -2.55. The molecule has 5 heteroatoms. The van der Waals surface area contributed by atoms with Crippen LogP contribution in [-0.2, 0) is 16.0 Å². The van der Waals surface area contributed by atoms with Gasteiger partial charge in [0, 0.05) is 30.2 Å². The van der Waals surface area contributed by atoms with Crippen LogP contribution in [0.1, 0.15) is 19.4 Å². The highest BCUT2D eigenvalue weighted by Gasteiger charge is 2.28. The Bertz CT molecular complexity index is 468. The zero-order valence-electron chi connectivity index (χ0n) is 12.7. The van der Waals surface area contributed by atoms with Gasteiger partial charge in [-0.15, -0.1) is 0 Å². The predicted octanol–water partition coefficient (Wildman–Crippen LogP) is 2.11. The van der Waals surface area contributed by atoms with Crippen LogP contribution in [0.4, 0.5) is 0 Å². The fraction of sp³-hybridized carbons (Fsp3) is 0.562. The van der Waals surface area contributed by atoms with E-state index in [1.165, 1.54) is 0 Å². The van der Waals surface area contributed by atoms with Gasteiger partial charge >= 0.3 is 0 Å². The molecule has 0 radical (unpaired) electrons. The van der Waals surface area contributed by atoms with Crippen molar-refractivity contribution in [1.82, 2.24) is 10.2 Å². The van der Waals surface area contributed by atoms with Crippen LogP contribution in [-0.4, -0.2) is 49.2 Å². The van der Waals surface area contributed by atoms with Crippen molar-refractivity contribution in [3.8, 4) is 0 Å². The second-order valence-electron chi connectivity index (χ2n) is 5.99. The first-order valence-corrected chi connectivity index (χ1v) is 7.69. The molecule has 1 aliphatic heterocycles. The fourth-order valence-corrected chi connectivity index (χ4v) is 2.57. The van der Waals surface area contributed by atoms with E-state index in [2.05, 4.69) is 24.1 Å². The number of benzene rings is 1. The Balaban J connectivity index is 1.81. The minimum absolute atomic E-state index is 0.0404. The molecule has 0 aliphatic carbocycles. The maximum atomic E-state index is 12.0. The van der Waals surface area contributed by atoms with E-state index in [9.17, 15) is 4.79 Å². The van der Waals surface area contributed by atoms with Gasteiger partial charge in [0.1, 0.15) is 0 Å². The van der Waals surface area contributed by atoms with Gasteiger partial charge in [0.05, 0.1) is 19.6 Å². The summed E-state index contributed by atoms with van der Waals surface area (Å²) in [4.78, 5) is 14.4. The molecule has 1 saturated heterocycles. The number of carbonyl (C=O) groups is 1. The van der Waals surface area contributed by atoms with Crippen molar-refractivity contribution in [3.63, 3.8) is 0 Å². The maximum absolute atomic E-state index is 12.0. The van der Waals surface area contributed by atoms with Crippen LogP contribution in [0.25, 0.3) is 0 Å². The summed E-state index contributed by atoms with van der Waals surface area (Å²) in [6.07, 6.45) is 0.385. The maximum Gasteiger partial charge on any atom is 0.224 e. The van der Waals surface area contributed by atoms with Gasteiger partial charge in [-0.05, 0) is 31.5 Å². The fourth-order valence-electron chi connectivity index (χ4n) is 2.45. The Hall–Kier alpha value is -1.10. The number of amides is 1. The number of rotatable bonds is 5. The van der Waals surface area contributed by atoms with E-state index in [0.717, 1.165) is 31.9 Å². The molecule has 0 aromatic heterocycles. The molecule has 1 aromatic rings. The molecular formula is C16H23ClN2O2. The van der Waals surface area contributed by atoms with E-state index in [1.54, 1.807) is 0 Å². The van der Waals surface area contributed by atoms with Crippen LogP contribution in [0, 0.1) is 0 Å². The van der Waals surface area contributed by atoms with Gasteiger partial charge < -0.3 is 10.1 Å². The molecule has 1 aromatic carbocycles. The summed E-state index contributed by atoms with van der Waals surface area (Å²) in [6.45, 7) is 8.31. The van der Waals surface area contributed by atoms with Gasteiger partial charge in [0.25, 0.3) is 0 Å². The second-order valence-corrected chi connectivity index (χ2v) is 6.43. The molecule has 0 bridgehead atoms. The van der Waals surface area contributed by atoms with Crippen molar-refractivity contribution in [1.29, 1.82) is 0 Å². The van der Waals surface area contributed by atoms with Gasteiger partial charge in [-0.2, -0.15) is 0 Å². The van der Waals surface area contributed by atoms with Crippen molar-refractivity contribution in [2.45, 2.75) is 25.8 Å². The van der Waals surface area contributed by atoms with Crippen LogP contribution < -0.4 is 5.32 Å². The summed E-state index contributed by atoms with van der Waals surface area (Å²) >= 11 is 5.84. The zero-order chi connectivity index (χ0) is 15.3. The lowest BCUT2D eigenvalue weighted by Gasteiger charge is -2.40. The molecule has 0 unspecified atom stereocenters. The number of halogens is 1. The Labute approximate surface area is 131 Å². The molecule has 4 nitrogen and oxygen atoms in total. The summed E-state index contributed by atoms with van der Waals surface area (Å²) in [5.41, 5.74) is 0.917. The van der Waals surface area contributed by atoms with Gasteiger partial charge in [0.2, 0.25) is 5.91 Å². The molecule has 116 valence electrons. The molecule has 1 N–H and O–H groups in total. The normalized spacial score (nSPS) is 16.7. The third-order valence-electron chi connectivity index (χ3n) is 3.86. The summed E-state index contributed by atoms with van der Waals surface area (Å²) in [5.74, 6) is 0.0404. The van der Waals surface area contributed by atoms with Gasteiger partial charge in [0.15, 0.2) is 0 Å². The van der Waals surface area contributed by atoms with Gasteiger partial charge in [-0.1, -0.05) is 23.7 Å². The largest absolute Gasteiger partial charge is 0.379 e. The zero-order valence-corrected chi connectivity index (χ0v) is 13.4. The Kier molecular flexibility index (Phi) is 5.62. The van der Waals surface area contributed by atoms with Crippen molar-refractivity contribution < 1.29 is 9.53 Å². The summed E-state index contributed by atoms with van der Waals surface area (Å²) < 4.78 is 5.37. The molecule has 0 saturated carbocycles. The number of hydrogen-bond acceptors (Lipinski definition) is 3. The van der Waals surface area contributed by atoms with E-state index >= 15 is 0 Å². The van der Waals surface area contributed by atoms with E-state index < -0.39 is 0 Å². The number of nitrogens with zero attached hydrogens (tertiary/aromatic N) is 1. The second kappa shape index (κ2) is 7.25. The number of hydrogen-bond donors (Lipinski definition) is 1. The first-order chi connectivity index (χ1) is 9.97. The highest BCUT2D eigenvalue weighted by molar-refractivity contribution is 6.30. The molecule has 0 spiro atoms. The van der Waals surface area contributed by atoms with E-state index in [-0.39, 0.29) is 11.4 Å². The molecule has 0 atom stereocenters. The first kappa shape index (κ1) is 16.3. The molecule has 2 rings (SSSR count). The predicted molar refractivity (Wildman–Crippen MR) is 84.6 cm³/mol. The molecule has 1 fully saturated rings. The lowest BCUT2D eigenvalue weighted by molar-refractivity contribution is -0.121.